The molecular weight excluding hydrogens is 192 g/mol. The summed E-state index contributed by atoms with van der Waals surface area (Å²) in [6.07, 6.45) is 12.6. The lowest BCUT2D eigenvalue weighted by atomic mass is 10.0. The Labute approximate surface area is 104 Å². The molecule has 1 aliphatic rings. The largest absolute Gasteiger partial charge is 0.0842 e. The zero-order valence-electron chi connectivity index (χ0n) is 12.4. The molecule has 1 rings (SSSR count). The summed E-state index contributed by atoms with van der Waals surface area (Å²) in [7, 11) is 0. The van der Waals surface area contributed by atoms with E-state index in [1.54, 1.807) is 11.1 Å². The van der Waals surface area contributed by atoms with Crippen molar-refractivity contribution in [2.45, 2.75) is 80.1 Å². The molecule has 0 aromatic carbocycles. The van der Waals surface area contributed by atoms with Crippen molar-refractivity contribution in [1.82, 2.24) is 0 Å². The van der Waals surface area contributed by atoms with Gasteiger partial charge in [-0.3, -0.25) is 0 Å². The van der Waals surface area contributed by atoms with E-state index in [0.717, 1.165) is 0 Å². The third-order valence-corrected chi connectivity index (χ3v) is 2.50. The van der Waals surface area contributed by atoms with Crippen LogP contribution in [0.2, 0.25) is 0 Å². The van der Waals surface area contributed by atoms with E-state index >= 15 is 0 Å². The molecule has 0 spiro atoms. The minimum Gasteiger partial charge on any atom is -0.0842 e. The highest BCUT2D eigenvalue weighted by Crippen LogP contribution is 2.26. The molecule has 96 valence electrons. The second-order valence-electron chi connectivity index (χ2n) is 3.90. The monoisotopic (exact) mass is 224 g/mol. The van der Waals surface area contributed by atoms with E-state index in [0.29, 0.717) is 0 Å². The van der Waals surface area contributed by atoms with Gasteiger partial charge in [-0.1, -0.05) is 52.7 Å². The molecule has 0 unspecified atom stereocenters. The molecule has 0 atom stereocenters. The minimum absolute atomic E-state index is 1.25. The highest BCUT2D eigenvalue weighted by molar-refractivity contribution is 5.30. The van der Waals surface area contributed by atoms with E-state index in [1.807, 2.05) is 13.8 Å². The van der Waals surface area contributed by atoms with Crippen molar-refractivity contribution in [3.05, 3.63) is 23.3 Å². The predicted molar refractivity (Wildman–Crippen MR) is 77.9 cm³/mol. The zero-order chi connectivity index (χ0) is 12.8. The average molecular weight is 224 g/mol. The van der Waals surface area contributed by atoms with Crippen LogP contribution in [0.4, 0.5) is 0 Å². The number of allylic oxidation sites excluding steroid dienone is 4. The SMILES string of the molecule is C/C=C1/CCCCC/C1=C/C.CC.CCC. The molecule has 0 amide bonds. The molecule has 0 radical (unpaired) electrons. The molecule has 1 saturated carbocycles. The highest BCUT2D eigenvalue weighted by atomic mass is 14.1. The molecule has 1 aliphatic carbocycles. The van der Waals surface area contributed by atoms with E-state index in [2.05, 4.69) is 39.8 Å². The second kappa shape index (κ2) is 14.5. The molecule has 0 saturated heterocycles. The molecule has 1 fully saturated rings. The van der Waals surface area contributed by atoms with Gasteiger partial charge in [-0.05, 0) is 50.7 Å². The predicted octanol–water partition coefficient (Wildman–Crippen LogP) is 6.29. The Bertz CT molecular complexity index is 164. The van der Waals surface area contributed by atoms with Crippen LogP contribution in [0.3, 0.4) is 0 Å². The number of rotatable bonds is 0. The van der Waals surface area contributed by atoms with Crippen LogP contribution in [-0.2, 0) is 0 Å². The van der Waals surface area contributed by atoms with Gasteiger partial charge in [0.25, 0.3) is 0 Å². The number of hydrogen-bond acceptors (Lipinski definition) is 0. The summed E-state index contributed by atoms with van der Waals surface area (Å²) < 4.78 is 0. The fourth-order valence-corrected chi connectivity index (χ4v) is 1.79. The Hall–Kier alpha value is -0.520. The van der Waals surface area contributed by atoms with E-state index in [9.17, 15) is 0 Å². The molecule has 0 bridgehead atoms. The van der Waals surface area contributed by atoms with Gasteiger partial charge in [0.1, 0.15) is 0 Å². The van der Waals surface area contributed by atoms with Crippen molar-refractivity contribution >= 4 is 0 Å². The van der Waals surface area contributed by atoms with Crippen LogP contribution < -0.4 is 0 Å². The summed E-state index contributed by atoms with van der Waals surface area (Å²) in [5, 5.41) is 0. The molecule has 0 aromatic rings. The fraction of sp³-hybridized carbons (Fsp3) is 0.750. The summed E-state index contributed by atoms with van der Waals surface area (Å²) in [6, 6.07) is 0. The van der Waals surface area contributed by atoms with Gasteiger partial charge in [0, 0.05) is 0 Å². The Kier molecular flexibility index (Phi) is 16.2. The van der Waals surface area contributed by atoms with E-state index in [-0.39, 0.29) is 0 Å². The second-order valence-corrected chi connectivity index (χ2v) is 3.90. The summed E-state index contributed by atoms with van der Waals surface area (Å²) >= 11 is 0. The highest BCUT2D eigenvalue weighted by Gasteiger charge is 2.07. The zero-order valence-corrected chi connectivity index (χ0v) is 12.4. The topological polar surface area (TPSA) is 0 Å². The first-order chi connectivity index (χ1) is 7.79. The van der Waals surface area contributed by atoms with Crippen LogP contribution in [0.25, 0.3) is 0 Å². The van der Waals surface area contributed by atoms with E-state index in [4.69, 9.17) is 0 Å². The summed E-state index contributed by atoms with van der Waals surface area (Å²) in [4.78, 5) is 0. The molecule has 0 heterocycles. The Morgan fingerprint density at radius 1 is 0.812 bits per heavy atom. The fourth-order valence-electron chi connectivity index (χ4n) is 1.79. The smallest absolute Gasteiger partial charge is 0.0280 e. The first kappa shape index (κ1) is 17.9. The van der Waals surface area contributed by atoms with Crippen LogP contribution >= 0.6 is 0 Å². The van der Waals surface area contributed by atoms with Crippen LogP contribution in [0.1, 0.15) is 80.1 Å². The number of hydrogen-bond donors (Lipinski definition) is 0. The lowest BCUT2D eigenvalue weighted by molar-refractivity contribution is 0.719. The van der Waals surface area contributed by atoms with Gasteiger partial charge < -0.3 is 0 Å². The van der Waals surface area contributed by atoms with Crippen LogP contribution in [-0.4, -0.2) is 0 Å². The van der Waals surface area contributed by atoms with Gasteiger partial charge in [-0.15, -0.1) is 0 Å². The van der Waals surface area contributed by atoms with Crippen molar-refractivity contribution in [2.24, 2.45) is 0 Å². The third kappa shape index (κ3) is 8.76. The van der Waals surface area contributed by atoms with Crippen molar-refractivity contribution in [2.75, 3.05) is 0 Å². The maximum Gasteiger partial charge on any atom is -0.0280 e. The van der Waals surface area contributed by atoms with Gasteiger partial charge in [-0.2, -0.15) is 0 Å². The van der Waals surface area contributed by atoms with Crippen LogP contribution in [0.15, 0.2) is 23.3 Å². The van der Waals surface area contributed by atoms with Gasteiger partial charge >= 0.3 is 0 Å². The molecule has 0 aromatic heterocycles. The van der Waals surface area contributed by atoms with Gasteiger partial charge in [0.2, 0.25) is 0 Å². The molecule has 0 nitrogen and oxygen atoms in total. The lowest BCUT2D eigenvalue weighted by Gasteiger charge is -2.05. The standard InChI is InChI=1S/C11H18.C3H8.C2H6/c1-3-10-8-6-5-7-9-11(10)4-2;1-3-2;1-2/h3-4H,5-9H2,1-2H3;3H2,1-2H3;1-2H3/b10-3-,11-4-;;. The van der Waals surface area contributed by atoms with Crippen LogP contribution in [0.5, 0.6) is 0 Å². The third-order valence-electron chi connectivity index (χ3n) is 2.50. The van der Waals surface area contributed by atoms with Crippen LogP contribution in [0, 0.1) is 0 Å². The Balaban J connectivity index is 0. The van der Waals surface area contributed by atoms with Crippen molar-refractivity contribution < 1.29 is 0 Å². The summed E-state index contributed by atoms with van der Waals surface area (Å²) in [5.41, 5.74) is 3.18. The van der Waals surface area contributed by atoms with E-state index in [1.165, 1.54) is 38.5 Å². The maximum atomic E-state index is 2.28. The molecular formula is C16H32. The molecule has 0 heteroatoms. The summed E-state index contributed by atoms with van der Waals surface area (Å²) in [5.74, 6) is 0. The first-order valence-corrected chi connectivity index (χ1v) is 7.10. The van der Waals surface area contributed by atoms with Gasteiger partial charge in [-0.25, -0.2) is 0 Å². The van der Waals surface area contributed by atoms with Crippen molar-refractivity contribution in [3.8, 4) is 0 Å². The van der Waals surface area contributed by atoms with E-state index < -0.39 is 0 Å². The lowest BCUT2D eigenvalue weighted by Crippen LogP contribution is -1.85. The Morgan fingerprint density at radius 2 is 1.12 bits per heavy atom. The normalized spacial score (nSPS) is 20.4. The quantitative estimate of drug-likeness (QED) is 0.424. The Morgan fingerprint density at radius 3 is 1.38 bits per heavy atom. The minimum atomic E-state index is 1.25. The maximum absolute atomic E-state index is 2.28. The van der Waals surface area contributed by atoms with Gasteiger partial charge in [0.05, 0.1) is 0 Å². The molecule has 16 heavy (non-hydrogen) atoms. The summed E-state index contributed by atoms with van der Waals surface area (Å²) in [6.45, 7) is 12.6. The van der Waals surface area contributed by atoms with Crippen molar-refractivity contribution in [3.63, 3.8) is 0 Å². The van der Waals surface area contributed by atoms with Crippen molar-refractivity contribution in [1.29, 1.82) is 0 Å². The van der Waals surface area contributed by atoms with Gasteiger partial charge in [0.15, 0.2) is 0 Å². The first-order valence-electron chi connectivity index (χ1n) is 7.10. The molecule has 0 aliphatic heterocycles. The average Bonchev–Trinajstić information content (AvgIpc) is 2.57. The molecule has 0 N–H and O–H groups in total.